The lowest BCUT2D eigenvalue weighted by atomic mass is 9.95. The number of rotatable bonds is 4. The van der Waals surface area contributed by atoms with Crippen molar-refractivity contribution in [2.75, 3.05) is 6.54 Å². The van der Waals surface area contributed by atoms with Gasteiger partial charge in [-0.2, -0.15) is 0 Å². The Kier molecular flexibility index (Phi) is 4.72. The minimum absolute atomic E-state index is 0.00345. The van der Waals surface area contributed by atoms with Gasteiger partial charge in [0.1, 0.15) is 5.82 Å². The van der Waals surface area contributed by atoms with Gasteiger partial charge in [-0.25, -0.2) is 4.39 Å². The summed E-state index contributed by atoms with van der Waals surface area (Å²) in [4.78, 5) is 0. The first-order chi connectivity index (χ1) is 9.13. The molecule has 2 rings (SSSR count). The molecule has 0 aliphatic rings. The quantitative estimate of drug-likeness (QED) is 0.868. The molecule has 2 aromatic rings. The van der Waals surface area contributed by atoms with Gasteiger partial charge in [-0.15, -0.1) is 0 Å². The van der Waals surface area contributed by atoms with Gasteiger partial charge < -0.3 is 5.32 Å². The fraction of sp³-hybridized carbons (Fsp3) is 0.250. The molecule has 0 radical (unpaired) electrons. The van der Waals surface area contributed by atoms with E-state index in [0.717, 1.165) is 27.7 Å². The molecule has 1 N–H and O–H groups in total. The van der Waals surface area contributed by atoms with E-state index in [4.69, 9.17) is 0 Å². The van der Waals surface area contributed by atoms with Crippen LogP contribution in [0.3, 0.4) is 0 Å². The van der Waals surface area contributed by atoms with Crippen LogP contribution in [0.15, 0.2) is 46.9 Å². The number of hydrogen-bond acceptors (Lipinski definition) is 1. The fourth-order valence-electron chi connectivity index (χ4n) is 2.22. The van der Waals surface area contributed by atoms with Crippen molar-refractivity contribution in [3.05, 3.63) is 69.4 Å². The standard InChI is InChI=1S/C16H17BrFN/c1-3-19-16(13-6-4-5-7-15(13)17)14-10-12(18)9-8-11(14)2/h4-10,16,19H,3H2,1-2H3. The molecule has 1 atom stereocenters. The number of hydrogen-bond donors (Lipinski definition) is 1. The third kappa shape index (κ3) is 3.23. The van der Waals surface area contributed by atoms with Gasteiger partial charge >= 0.3 is 0 Å². The van der Waals surface area contributed by atoms with Crippen molar-refractivity contribution in [2.24, 2.45) is 0 Å². The van der Waals surface area contributed by atoms with Crippen molar-refractivity contribution in [1.29, 1.82) is 0 Å². The molecule has 3 heteroatoms. The molecule has 100 valence electrons. The summed E-state index contributed by atoms with van der Waals surface area (Å²) < 4.78 is 14.6. The van der Waals surface area contributed by atoms with Gasteiger partial charge in [0.2, 0.25) is 0 Å². The van der Waals surface area contributed by atoms with Crippen LogP contribution in [0.1, 0.15) is 29.7 Å². The van der Waals surface area contributed by atoms with E-state index in [1.54, 1.807) is 6.07 Å². The van der Waals surface area contributed by atoms with Crippen molar-refractivity contribution in [3.8, 4) is 0 Å². The average Bonchev–Trinajstić information content (AvgIpc) is 2.40. The molecule has 2 aromatic carbocycles. The maximum Gasteiger partial charge on any atom is 0.123 e. The largest absolute Gasteiger partial charge is 0.306 e. The smallest absolute Gasteiger partial charge is 0.123 e. The van der Waals surface area contributed by atoms with Gasteiger partial charge in [-0.3, -0.25) is 0 Å². The van der Waals surface area contributed by atoms with E-state index in [1.807, 2.05) is 31.2 Å². The van der Waals surface area contributed by atoms with Crippen molar-refractivity contribution in [3.63, 3.8) is 0 Å². The SMILES string of the molecule is CCNC(c1cc(F)ccc1C)c1ccccc1Br. The van der Waals surface area contributed by atoms with E-state index >= 15 is 0 Å². The van der Waals surface area contributed by atoms with E-state index in [-0.39, 0.29) is 11.9 Å². The zero-order chi connectivity index (χ0) is 13.8. The number of benzene rings is 2. The predicted octanol–water partition coefficient (Wildman–Crippen LogP) is 4.60. The lowest BCUT2D eigenvalue weighted by Gasteiger charge is -2.22. The minimum Gasteiger partial charge on any atom is -0.306 e. The summed E-state index contributed by atoms with van der Waals surface area (Å²) in [6.45, 7) is 4.89. The van der Waals surface area contributed by atoms with Crippen LogP contribution in [-0.2, 0) is 0 Å². The Morgan fingerprint density at radius 2 is 1.89 bits per heavy atom. The lowest BCUT2D eigenvalue weighted by Crippen LogP contribution is -2.23. The maximum atomic E-state index is 13.5. The Hall–Kier alpha value is -1.19. The van der Waals surface area contributed by atoms with E-state index in [0.29, 0.717) is 0 Å². The maximum absolute atomic E-state index is 13.5. The molecule has 0 aliphatic heterocycles. The van der Waals surface area contributed by atoms with Crippen molar-refractivity contribution in [2.45, 2.75) is 19.9 Å². The highest BCUT2D eigenvalue weighted by atomic mass is 79.9. The summed E-state index contributed by atoms with van der Waals surface area (Å²) in [6, 6.07) is 13.0. The van der Waals surface area contributed by atoms with Gasteiger partial charge in [0.05, 0.1) is 6.04 Å². The molecule has 0 saturated heterocycles. The van der Waals surface area contributed by atoms with Crippen molar-refractivity contribution >= 4 is 15.9 Å². The van der Waals surface area contributed by atoms with Crippen LogP contribution in [0.4, 0.5) is 4.39 Å². The van der Waals surface area contributed by atoms with Crippen LogP contribution in [0, 0.1) is 12.7 Å². The van der Waals surface area contributed by atoms with Gasteiger partial charge in [-0.1, -0.05) is 47.1 Å². The Bertz CT molecular complexity index is 568. The summed E-state index contributed by atoms with van der Waals surface area (Å²) in [5.41, 5.74) is 3.19. The first-order valence-electron chi connectivity index (χ1n) is 6.37. The molecule has 0 heterocycles. The number of aryl methyl sites for hydroxylation is 1. The Balaban J connectivity index is 2.51. The molecule has 0 bridgehead atoms. The average molecular weight is 322 g/mol. The summed E-state index contributed by atoms with van der Waals surface area (Å²) in [5.74, 6) is -0.199. The molecule has 0 amide bonds. The molecule has 0 aromatic heterocycles. The van der Waals surface area contributed by atoms with Gasteiger partial charge in [0.15, 0.2) is 0 Å². The van der Waals surface area contributed by atoms with Crippen LogP contribution in [-0.4, -0.2) is 6.54 Å². The highest BCUT2D eigenvalue weighted by Crippen LogP contribution is 2.30. The predicted molar refractivity (Wildman–Crippen MR) is 80.8 cm³/mol. The Morgan fingerprint density at radius 1 is 1.16 bits per heavy atom. The molecule has 0 spiro atoms. The van der Waals surface area contributed by atoms with Crippen LogP contribution in [0.2, 0.25) is 0 Å². The van der Waals surface area contributed by atoms with Crippen LogP contribution in [0.5, 0.6) is 0 Å². The second-order valence-corrected chi connectivity index (χ2v) is 5.37. The Morgan fingerprint density at radius 3 is 2.58 bits per heavy atom. The van der Waals surface area contributed by atoms with E-state index < -0.39 is 0 Å². The summed E-state index contributed by atoms with van der Waals surface area (Å²) >= 11 is 3.57. The second kappa shape index (κ2) is 6.31. The molecule has 1 nitrogen and oxygen atoms in total. The first kappa shape index (κ1) is 14.2. The second-order valence-electron chi connectivity index (χ2n) is 4.51. The molecule has 19 heavy (non-hydrogen) atoms. The number of nitrogens with one attached hydrogen (secondary N) is 1. The fourth-order valence-corrected chi connectivity index (χ4v) is 2.74. The van der Waals surface area contributed by atoms with Crippen LogP contribution < -0.4 is 5.32 Å². The summed E-state index contributed by atoms with van der Waals surface area (Å²) in [6.07, 6.45) is 0. The highest BCUT2D eigenvalue weighted by Gasteiger charge is 2.17. The highest BCUT2D eigenvalue weighted by molar-refractivity contribution is 9.10. The molecule has 0 fully saturated rings. The van der Waals surface area contributed by atoms with Crippen LogP contribution >= 0.6 is 15.9 Å². The Labute approximate surface area is 122 Å². The minimum atomic E-state index is -0.199. The summed E-state index contributed by atoms with van der Waals surface area (Å²) in [7, 11) is 0. The molecule has 1 unspecified atom stereocenters. The van der Waals surface area contributed by atoms with E-state index in [1.165, 1.54) is 6.07 Å². The molecule has 0 aliphatic carbocycles. The topological polar surface area (TPSA) is 12.0 Å². The number of halogens is 2. The van der Waals surface area contributed by atoms with Gasteiger partial charge in [0.25, 0.3) is 0 Å². The summed E-state index contributed by atoms with van der Waals surface area (Å²) in [5, 5.41) is 3.43. The first-order valence-corrected chi connectivity index (χ1v) is 7.16. The third-order valence-corrected chi connectivity index (χ3v) is 3.90. The van der Waals surface area contributed by atoms with Crippen molar-refractivity contribution < 1.29 is 4.39 Å². The van der Waals surface area contributed by atoms with Crippen LogP contribution in [0.25, 0.3) is 0 Å². The monoisotopic (exact) mass is 321 g/mol. The normalized spacial score (nSPS) is 12.4. The molecular weight excluding hydrogens is 305 g/mol. The zero-order valence-corrected chi connectivity index (χ0v) is 12.7. The van der Waals surface area contributed by atoms with Gasteiger partial charge in [-0.05, 0) is 48.4 Å². The zero-order valence-electron chi connectivity index (χ0n) is 11.1. The van der Waals surface area contributed by atoms with Crippen molar-refractivity contribution in [1.82, 2.24) is 5.32 Å². The third-order valence-electron chi connectivity index (χ3n) is 3.18. The lowest BCUT2D eigenvalue weighted by molar-refractivity contribution is 0.599. The van der Waals surface area contributed by atoms with E-state index in [2.05, 4.69) is 34.2 Å². The molecule has 0 saturated carbocycles. The molecular formula is C16H17BrFN. The van der Waals surface area contributed by atoms with Gasteiger partial charge in [0, 0.05) is 4.47 Å². The van der Waals surface area contributed by atoms with E-state index in [9.17, 15) is 4.39 Å².